The number of ether oxygens (including phenoxy) is 1. The maximum Gasteiger partial charge on any atom is 0.144 e. The molecule has 2 heterocycles. The molecule has 2 N–H and O–H groups in total. The maximum absolute atomic E-state index is 12.3. The first-order valence-corrected chi connectivity index (χ1v) is 6.44. The molecule has 1 aromatic heterocycles. The summed E-state index contributed by atoms with van der Waals surface area (Å²) in [5, 5.41) is 1.03. The normalized spacial score (nSPS) is 22.8. The van der Waals surface area contributed by atoms with Crippen molar-refractivity contribution in [3.8, 4) is 0 Å². The summed E-state index contributed by atoms with van der Waals surface area (Å²) in [4.78, 5) is 16.6. The summed E-state index contributed by atoms with van der Waals surface area (Å²) in [5.41, 5.74) is 7.81. The highest BCUT2D eigenvalue weighted by Gasteiger charge is 2.31. The lowest BCUT2D eigenvalue weighted by molar-refractivity contribution is -0.122. The second-order valence-electron chi connectivity index (χ2n) is 4.94. The van der Waals surface area contributed by atoms with E-state index in [0.29, 0.717) is 19.6 Å². The van der Waals surface area contributed by atoms with Crippen molar-refractivity contribution in [2.75, 3.05) is 13.2 Å². The van der Waals surface area contributed by atoms with Crippen molar-refractivity contribution in [3.63, 3.8) is 0 Å². The second kappa shape index (κ2) is 5.07. The average Bonchev–Trinajstić information content (AvgIpc) is 2.85. The Kier molecular flexibility index (Phi) is 3.27. The number of carbonyl (C=O) groups is 1. The number of rotatable bonds is 3. The number of hydrogen-bond acceptors (Lipinski definition) is 4. The third kappa shape index (κ3) is 2.37. The summed E-state index contributed by atoms with van der Waals surface area (Å²) < 4.78 is 5.26. The fraction of sp³-hybridized carbons (Fsp3) is 0.333. The number of ketones is 1. The number of Topliss-reactive ketones (excluding diaryl/α,β-unsaturated/α-hetero) is 1. The van der Waals surface area contributed by atoms with E-state index in [1.54, 1.807) is 6.20 Å². The lowest BCUT2D eigenvalue weighted by Crippen LogP contribution is -2.34. The van der Waals surface area contributed by atoms with E-state index in [9.17, 15) is 4.79 Å². The van der Waals surface area contributed by atoms with Gasteiger partial charge >= 0.3 is 0 Å². The molecule has 0 bridgehead atoms. The Hall–Kier alpha value is -1.78. The molecule has 4 heteroatoms. The standard InChI is InChI=1S/C15H16N2O2/c16-13-9-19-8-12(13)15(18)7-10-5-6-17-14-4-2-1-3-11(10)14/h1-6,12-13H,7-9,16H2. The third-order valence-electron chi connectivity index (χ3n) is 3.64. The number of fused-ring (bicyclic) bond motifs is 1. The van der Waals surface area contributed by atoms with Crippen LogP contribution in [0.3, 0.4) is 0 Å². The quantitative estimate of drug-likeness (QED) is 0.899. The molecule has 2 unspecified atom stereocenters. The molecule has 1 fully saturated rings. The highest BCUT2D eigenvalue weighted by atomic mass is 16.5. The molecule has 0 aliphatic carbocycles. The molecule has 1 saturated heterocycles. The van der Waals surface area contributed by atoms with Crippen LogP contribution in [-0.2, 0) is 16.0 Å². The zero-order valence-corrected chi connectivity index (χ0v) is 10.6. The van der Waals surface area contributed by atoms with E-state index in [1.807, 2.05) is 30.3 Å². The van der Waals surface area contributed by atoms with Crippen LogP contribution in [0.2, 0.25) is 0 Å². The number of carbonyl (C=O) groups excluding carboxylic acids is 1. The van der Waals surface area contributed by atoms with Crippen LogP contribution in [0.15, 0.2) is 36.5 Å². The maximum atomic E-state index is 12.3. The first-order chi connectivity index (χ1) is 9.25. The summed E-state index contributed by atoms with van der Waals surface area (Å²) in [7, 11) is 0. The van der Waals surface area contributed by atoms with E-state index in [0.717, 1.165) is 16.5 Å². The van der Waals surface area contributed by atoms with Gasteiger partial charge < -0.3 is 10.5 Å². The average molecular weight is 256 g/mol. The van der Waals surface area contributed by atoms with Crippen LogP contribution in [0, 0.1) is 5.92 Å². The van der Waals surface area contributed by atoms with Gasteiger partial charge in [-0.15, -0.1) is 0 Å². The molecule has 1 aliphatic heterocycles. The zero-order valence-electron chi connectivity index (χ0n) is 10.6. The number of pyridine rings is 1. The summed E-state index contributed by atoms with van der Waals surface area (Å²) in [6.45, 7) is 0.927. The van der Waals surface area contributed by atoms with Gasteiger partial charge in [0.25, 0.3) is 0 Å². The fourth-order valence-electron chi connectivity index (χ4n) is 2.53. The summed E-state index contributed by atoms with van der Waals surface area (Å²) in [5.74, 6) is -0.0201. The second-order valence-corrected chi connectivity index (χ2v) is 4.94. The predicted octanol–water partition coefficient (Wildman–Crippen LogP) is 1.32. The molecule has 4 nitrogen and oxygen atoms in total. The van der Waals surface area contributed by atoms with Crippen molar-refractivity contribution in [2.45, 2.75) is 12.5 Å². The lowest BCUT2D eigenvalue weighted by atomic mass is 9.93. The van der Waals surface area contributed by atoms with Crippen molar-refractivity contribution >= 4 is 16.7 Å². The molecule has 3 rings (SSSR count). The predicted molar refractivity (Wildman–Crippen MR) is 72.7 cm³/mol. The molecular formula is C15H16N2O2. The number of aromatic nitrogens is 1. The molecule has 1 aliphatic rings. The van der Waals surface area contributed by atoms with E-state index in [-0.39, 0.29) is 17.7 Å². The van der Waals surface area contributed by atoms with E-state index in [4.69, 9.17) is 10.5 Å². The number of benzene rings is 1. The van der Waals surface area contributed by atoms with Gasteiger partial charge in [0.2, 0.25) is 0 Å². The van der Waals surface area contributed by atoms with E-state index in [2.05, 4.69) is 4.98 Å². The Morgan fingerprint density at radius 3 is 2.95 bits per heavy atom. The molecule has 0 radical (unpaired) electrons. The summed E-state index contributed by atoms with van der Waals surface area (Å²) >= 11 is 0. The Bertz CT molecular complexity index is 607. The topological polar surface area (TPSA) is 65.2 Å². The molecule has 0 saturated carbocycles. The largest absolute Gasteiger partial charge is 0.379 e. The zero-order chi connectivity index (χ0) is 13.2. The van der Waals surface area contributed by atoms with E-state index < -0.39 is 0 Å². The minimum Gasteiger partial charge on any atom is -0.379 e. The van der Waals surface area contributed by atoms with Crippen LogP contribution in [0.5, 0.6) is 0 Å². The van der Waals surface area contributed by atoms with Crippen LogP contribution in [0.1, 0.15) is 5.56 Å². The minimum atomic E-state index is -0.174. The molecule has 0 amide bonds. The van der Waals surface area contributed by atoms with Gasteiger partial charge in [0.05, 0.1) is 24.6 Å². The number of hydrogen-bond donors (Lipinski definition) is 1. The van der Waals surface area contributed by atoms with Gasteiger partial charge in [0, 0.05) is 24.0 Å². The van der Waals surface area contributed by atoms with Gasteiger partial charge in [-0.2, -0.15) is 0 Å². The van der Waals surface area contributed by atoms with Crippen molar-refractivity contribution in [3.05, 3.63) is 42.1 Å². The SMILES string of the molecule is NC1COCC1C(=O)Cc1ccnc2ccccc12. The van der Waals surface area contributed by atoms with E-state index in [1.165, 1.54) is 0 Å². The van der Waals surface area contributed by atoms with Gasteiger partial charge in [-0.05, 0) is 17.7 Å². The van der Waals surface area contributed by atoms with Gasteiger partial charge in [-0.25, -0.2) is 0 Å². The van der Waals surface area contributed by atoms with Gasteiger partial charge in [-0.3, -0.25) is 9.78 Å². The van der Waals surface area contributed by atoms with Crippen LogP contribution < -0.4 is 5.73 Å². The third-order valence-corrected chi connectivity index (χ3v) is 3.64. The first kappa shape index (κ1) is 12.3. The van der Waals surface area contributed by atoms with Crippen molar-refractivity contribution in [1.82, 2.24) is 4.98 Å². The van der Waals surface area contributed by atoms with Gasteiger partial charge in [0.15, 0.2) is 0 Å². The number of para-hydroxylation sites is 1. The Morgan fingerprint density at radius 1 is 1.32 bits per heavy atom. The smallest absolute Gasteiger partial charge is 0.144 e. The molecule has 2 aromatic rings. The monoisotopic (exact) mass is 256 g/mol. The molecule has 98 valence electrons. The molecular weight excluding hydrogens is 240 g/mol. The number of nitrogens with two attached hydrogens (primary N) is 1. The first-order valence-electron chi connectivity index (χ1n) is 6.44. The summed E-state index contributed by atoms with van der Waals surface area (Å²) in [6.07, 6.45) is 2.14. The Morgan fingerprint density at radius 2 is 2.16 bits per heavy atom. The molecule has 19 heavy (non-hydrogen) atoms. The molecule has 0 spiro atoms. The molecule has 1 aromatic carbocycles. The fourth-order valence-corrected chi connectivity index (χ4v) is 2.53. The van der Waals surface area contributed by atoms with Crippen molar-refractivity contribution in [2.24, 2.45) is 11.7 Å². The number of nitrogens with zero attached hydrogens (tertiary/aromatic N) is 1. The van der Waals surface area contributed by atoms with Crippen LogP contribution in [0.25, 0.3) is 10.9 Å². The van der Waals surface area contributed by atoms with Crippen LogP contribution in [0.4, 0.5) is 0 Å². The van der Waals surface area contributed by atoms with Gasteiger partial charge in [0.1, 0.15) is 5.78 Å². The summed E-state index contributed by atoms with van der Waals surface area (Å²) in [6, 6.07) is 9.59. The highest BCUT2D eigenvalue weighted by molar-refractivity contribution is 5.90. The van der Waals surface area contributed by atoms with Crippen molar-refractivity contribution in [1.29, 1.82) is 0 Å². The van der Waals surface area contributed by atoms with Crippen LogP contribution >= 0.6 is 0 Å². The van der Waals surface area contributed by atoms with Gasteiger partial charge in [-0.1, -0.05) is 18.2 Å². The van der Waals surface area contributed by atoms with Crippen LogP contribution in [-0.4, -0.2) is 30.0 Å². The Balaban J connectivity index is 1.87. The lowest BCUT2D eigenvalue weighted by Gasteiger charge is -2.12. The van der Waals surface area contributed by atoms with E-state index >= 15 is 0 Å². The highest BCUT2D eigenvalue weighted by Crippen LogP contribution is 2.20. The minimum absolute atomic E-state index is 0.154. The molecule has 2 atom stereocenters. The Labute approximate surface area is 111 Å². The van der Waals surface area contributed by atoms with Crippen molar-refractivity contribution < 1.29 is 9.53 Å².